The van der Waals surface area contributed by atoms with Crippen LogP contribution in [0.5, 0.6) is 0 Å². The Morgan fingerprint density at radius 1 is 1.30 bits per heavy atom. The molecule has 0 aromatic carbocycles. The largest absolute Gasteiger partial charge is 0.394 e. The summed E-state index contributed by atoms with van der Waals surface area (Å²) in [6.45, 7) is -0.610. The van der Waals surface area contributed by atoms with Crippen LogP contribution in [0.4, 0.5) is 0 Å². The number of rotatable bonds is 3. The third-order valence-corrected chi connectivity index (χ3v) is 1.85. The Balaban J connectivity index is 3.94. The summed E-state index contributed by atoms with van der Waals surface area (Å²) in [5.74, 6) is 0. The molecule has 0 aromatic rings. The molecule has 0 radical (unpaired) electrons. The Bertz CT molecular complexity index is 102. The van der Waals surface area contributed by atoms with E-state index >= 15 is 0 Å². The van der Waals surface area contributed by atoms with Gasteiger partial charge in [0.05, 0.1) is 6.61 Å². The first-order valence-electron chi connectivity index (χ1n) is 2.46. The average Bonchev–Trinajstić information content (AvgIpc) is 1.83. The van der Waals surface area contributed by atoms with Crippen LogP contribution < -0.4 is 0 Å². The third-order valence-electron chi connectivity index (χ3n) is 0.907. The number of halogens is 2. The fourth-order valence-electron chi connectivity index (χ4n) is 0.331. The van der Waals surface area contributed by atoms with E-state index in [1.165, 1.54) is 0 Å². The maximum Gasteiger partial charge on any atom is 0.203 e. The van der Waals surface area contributed by atoms with Crippen molar-refractivity contribution in [3.8, 4) is 0 Å². The van der Waals surface area contributed by atoms with Crippen molar-refractivity contribution in [2.24, 2.45) is 0 Å². The molecule has 0 unspecified atom stereocenters. The van der Waals surface area contributed by atoms with Gasteiger partial charge in [-0.1, -0.05) is 0 Å². The summed E-state index contributed by atoms with van der Waals surface area (Å²) in [6.07, 6.45) is -2.85. The lowest BCUT2D eigenvalue weighted by Crippen LogP contribution is -2.42. The fourth-order valence-corrected chi connectivity index (χ4v) is 0.942. The molecule has 0 spiro atoms. The smallest absolute Gasteiger partial charge is 0.203 e. The molecule has 0 aromatic heterocycles. The number of hydrogen-bond donors (Lipinski definition) is 4. The topological polar surface area (TPSA) is 80.9 Å². The normalized spacial score (nSPS) is 18.6. The minimum Gasteiger partial charge on any atom is -0.394 e. The molecule has 4 N–H and O–H groups in total. The van der Waals surface area contributed by atoms with Gasteiger partial charge in [0.15, 0.2) is 0 Å². The lowest BCUT2D eigenvalue weighted by atomic mass is 10.2. The van der Waals surface area contributed by atoms with E-state index in [0.29, 0.717) is 0 Å². The van der Waals surface area contributed by atoms with Crippen molar-refractivity contribution in [3.63, 3.8) is 0 Å². The van der Waals surface area contributed by atoms with E-state index in [1.807, 2.05) is 0 Å². The van der Waals surface area contributed by atoms with Crippen LogP contribution in [0.2, 0.25) is 0 Å². The summed E-state index contributed by atoms with van der Waals surface area (Å²) in [5.41, 5.74) is 0. The zero-order valence-corrected chi connectivity index (χ0v) is 8.08. The molecular formula is C4H8Br2O4. The molecule has 0 aliphatic heterocycles. The van der Waals surface area contributed by atoms with Gasteiger partial charge in [0.2, 0.25) is 3.42 Å². The molecule has 2 atom stereocenters. The van der Waals surface area contributed by atoms with Crippen molar-refractivity contribution in [2.45, 2.75) is 15.6 Å². The van der Waals surface area contributed by atoms with E-state index in [4.69, 9.17) is 20.4 Å². The standard InChI is InChI=1S/C4H8Br2O4/c5-4(6,10)3(9)2(8)1-7/h2-3,7-10H,1H2/t2-,3-/m1/s1. The molecule has 4 nitrogen and oxygen atoms in total. The highest BCUT2D eigenvalue weighted by Crippen LogP contribution is 2.28. The maximum atomic E-state index is 8.90. The second-order valence-corrected chi connectivity index (χ2v) is 5.26. The highest BCUT2D eigenvalue weighted by molar-refractivity contribution is 9.25. The Morgan fingerprint density at radius 3 is 1.80 bits per heavy atom. The summed E-state index contributed by atoms with van der Waals surface area (Å²) >= 11 is 5.27. The number of alkyl halides is 2. The van der Waals surface area contributed by atoms with Gasteiger partial charge in [0.25, 0.3) is 0 Å². The molecule has 0 saturated carbocycles. The summed E-state index contributed by atoms with van der Waals surface area (Å²) in [5, 5.41) is 34.8. The van der Waals surface area contributed by atoms with Crippen molar-refractivity contribution in [1.82, 2.24) is 0 Å². The average molecular weight is 280 g/mol. The van der Waals surface area contributed by atoms with Gasteiger partial charge in [-0.25, -0.2) is 0 Å². The first kappa shape index (κ1) is 10.8. The quantitative estimate of drug-likeness (QED) is 0.507. The highest BCUT2D eigenvalue weighted by Gasteiger charge is 2.34. The highest BCUT2D eigenvalue weighted by atomic mass is 79.9. The third kappa shape index (κ3) is 3.27. The molecule has 0 heterocycles. The predicted molar refractivity (Wildman–Crippen MR) is 41.9 cm³/mol. The maximum absolute atomic E-state index is 8.90. The summed E-state index contributed by atoms with van der Waals surface area (Å²) in [7, 11) is 0. The lowest BCUT2D eigenvalue weighted by Gasteiger charge is -2.23. The second kappa shape index (κ2) is 3.99. The molecule has 0 amide bonds. The second-order valence-electron chi connectivity index (χ2n) is 1.78. The minimum atomic E-state index is -1.75. The van der Waals surface area contributed by atoms with E-state index in [1.54, 1.807) is 0 Å². The van der Waals surface area contributed by atoms with E-state index in [0.717, 1.165) is 0 Å². The van der Waals surface area contributed by atoms with Crippen molar-refractivity contribution in [1.29, 1.82) is 0 Å². The van der Waals surface area contributed by atoms with Gasteiger partial charge < -0.3 is 20.4 Å². The van der Waals surface area contributed by atoms with Gasteiger partial charge in [-0.05, 0) is 31.9 Å². The zero-order valence-electron chi connectivity index (χ0n) is 4.91. The molecule has 0 rings (SSSR count). The van der Waals surface area contributed by atoms with Crippen molar-refractivity contribution >= 4 is 31.9 Å². The molecular weight excluding hydrogens is 272 g/mol. The Labute approximate surface area is 74.7 Å². The fraction of sp³-hybridized carbons (Fsp3) is 1.00. The molecule has 0 aliphatic rings. The van der Waals surface area contributed by atoms with Gasteiger partial charge in [-0.15, -0.1) is 0 Å². The van der Waals surface area contributed by atoms with E-state index in [-0.39, 0.29) is 0 Å². The van der Waals surface area contributed by atoms with Crippen LogP contribution in [-0.4, -0.2) is 42.7 Å². The van der Waals surface area contributed by atoms with E-state index in [2.05, 4.69) is 31.9 Å². The summed E-state index contributed by atoms with van der Waals surface area (Å²) in [4.78, 5) is 0. The Morgan fingerprint density at radius 2 is 1.70 bits per heavy atom. The number of aliphatic hydroxyl groups is 4. The van der Waals surface area contributed by atoms with Crippen LogP contribution in [0.1, 0.15) is 0 Å². The zero-order chi connectivity index (χ0) is 8.36. The lowest BCUT2D eigenvalue weighted by molar-refractivity contribution is -0.0553. The van der Waals surface area contributed by atoms with Gasteiger partial charge >= 0.3 is 0 Å². The van der Waals surface area contributed by atoms with Gasteiger partial charge in [-0.3, -0.25) is 0 Å². The van der Waals surface area contributed by atoms with Crippen LogP contribution >= 0.6 is 31.9 Å². The SMILES string of the molecule is OC[C@@H](O)[C@@H](O)C(O)(Br)Br. The first-order chi connectivity index (χ1) is 4.39. The van der Waals surface area contributed by atoms with Crippen molar-refractivity contribution in [2.75, 3.05) is 6.61 Å². The van der Waals surface area contributed by atoms with E-state index < -0.39 is 22.2 Å². The van der Waals surface area contributed by atoms with Crippen LogP contribution in [0.3, 0.4) is 0 Å². The molecule has 0 saturated heterocycles. The monoisotopic (exact) mass is 278 g/mol. The molecule has 6 heteroatoms. The van der Waals surface area contributed by atoms with Crippen LogP contribution in [0.15, 0.2) is 0 Å². The molecule has 0 fully saturated rings. The van der Waals surface area contributed by atoms with Crippen LogP contribution in [0.25, 0.3) is 0 Å². The van der Waals surface area contributed by atoms with Crippen LogP contribution in [0, 0.1) is 0 Å². The molecule has 62 valence electrons. The number of hydrogen-bond acceptors (Lipinski definition) is 4. The first-order valence-corrected chi connectivity index (χ1v) is 4.05. The molecule has 0 aliphatic carbocycles. The Kier molecular flexibility index (Phi) is 4.30. The van der Waals surface area contributed by atoms with Crippen LogP contribution in [-0.2, 0) is 0 Å². The van der Waals surface area contributed by atoms with Crippen molar-refractivity contribution in [3.05, 3.63) is 0 Å². The van der Waals surface area contributed by atoms with Gasteiger partial charge in [0, 0.05) is 0 Å². The summed E-state index contributed by atoms with van der Waals surface area (Å²) in [6, 6.07) is 0. The minimum absolute atomic E-state index is 0.610. The Hall–Kier alpha value is 0.800. The summed E-state index contributed by atoms with van der Waals surface area (Å²) < 4.78 is -1.75. The number of aliphatic hydroxyl groups excluding tert-OH is 3. The van der Waals surface area contributed by atoms with Gasteiger partial charge in [-0.2, -0.15) is 0 Å². The molecule has 10 heavy (non-hydrogen) atoms. The molecule has 0 bridgehead atoms. The van der Waals surface area contributed by atoms with Crippen molar-refractivity contribution < 1.29 is 20.4 Å². The van der Waals surface area contributed by atoms with Gasteiger partial charge in [0.1, 0.15) is 12.2 Å². The van der Waals surface area contributed by atoms with E-state index in [9.17, 15) is 0 Å². The predicted octanol–water partition coefficient (Wildman–Crippen LogP) is -0.864.